The van der Waals surface area contributed by atoms with Crippen molar-refractivity contribution < 1.29 is 14.3 Å². The number of nitrogens with one attached hydrogen (secondary N) is 1. The third kappa shape index (κ3) is 6.26. The van der Waals surface area contributed by atoms with Gasteiger partial charge in [-0.05, 0) is 61.8 Å². The van der Waals surface area contributed by atoms with Crippen LogP contribution in [0, 0.1) is 12.8 Å². The zero-order valence-corrected chi connectivity index (χ0v) is 19.9. The van der Waals surface area contributed by atoms with Crippen molar-refractivity contribution in [3.8, 4) is 5.75 Å². The maximum absolute atomic E-state index is 13.6. The zero-order chi connectivity index (χ0) is 23.1. The molecule has 0 aromatic heterocycles. The minimum Gasteiger partial charge on any atom is -0.497 e. The lowest BCUT2D eigenvalue weighted by Gasteiger charge is -2.34. The van der Waals surface area contributed by atoms with Crippen LogP contribution in [-0.2, 0) is 16.1 Å². The first-order valence-corrected chi connectivity index (χ1v) is 11.8. The number of amides is 2. The van der Waals surface area contributed by atoms with E-state index >= 15 is 0 Å². The fraction of sp³-hybridized carbons (Fsp3) is 0.462. The van der Waals surface area contributed by atoms with Crippen molar-refractivity contribution in [2.24, 2.45) is 5.92 Å². The van der Waals surface area contributed by atoms with E-state index in [-0.39, 0.29) is 30.3 Å². The second-order valence-electron chi connectivity index (χ2n) is 8.79. The number of nitrogens with zero attached hydrogens (tertiary/aromatic N) is 1. The summed E-state index contributed by atoms with van der Waals surface area (Å²) in [5.74, 6) is 0.759. The maximum Gasteiger partial charge on any atom is 0.247 e. The summed E-state index contributed by atoms with van der Waals surface area (Å²) in [6.07, 6.45) is 4.14. The molecule has 0 saturated heterocycles. The smallest absolute Gasteiger partial charge is 0.247 e. The highest BCUT2D eigenvalue weighted by Gasteiger charge is 2.33. The van der Waals surface area contributed by atoms with Crippen molar-refractivity contribution in [1.82, 2.24) is 10.2 Å². The number of aryl methyl sites for hydroxylation is 1. The molecule has 0 bridgehead atoms. The number of hydrogen-bond donors (Lipinski definition) is 1. The average Bonchev–Trinajstić information content (AvgIpc) is 2.81. The van der Waals surface area contributed by atoms with Crippen molar-refractivity contribution in [3.05, 3.63) is 65.2 Å². The monoisotopic (exact) mass is 456 g/mol. The van der Waals surface area contributed by atoms with Crippen molar-refractivity contribution >= 4 is 23.4 Å². The number of alkyl halides is 1. The van der Waals surface area contributed by atoms with Crippen molar-refractivity contribution in [1.29, 1.82) is 0 Å². The lowest BCUT2D eigenvalue weighted by molar-refractivity contribution is -0.140. The van der Waals surface area contributed by atoms with Crippen LogP contribution in [0.4, 0.5) is 0 Å². The summed E-state index contributed by atoms with van der Waals surface area (Å²) < 4.78 is 5.33. The molecule has 2 aromatic carbocycles. The molecule has 1 aliphatic rings. The largest absolute Gasteiger partial charge is 0.497 e. The highest BCUT2D eigenvalue weighted by Crippen LogP contribution is 2.28. The van der Waals surface area contributed by atoms with Crippen LogP contribution in [0.1, 0.15) is 55.3 Å². The highest BCUT2D eigenvalue weighted by molar-refractivity contribution is 6.27. The molecule has 0 aliphatic heterocycles. The number of hydrogen-bond acceptors (Lipinski definition) is 3. The molecule has 1 saturated carbocycles. The summed E-state index contributed by atoms with van der Waals surface area (Å²) >= 11 is 5.99. The Bertz CT molecular complexity index is 908. The van der Waals surface area contributed by atoms with E-state index in [9.17, 15) is 9.59 Å². The van der Waals surface area contributed by atoms with E-state index in [0.717, 1.165) is 42.4 Å². The molecular weight excluding hydrogens is 424 g/mol. The summed E-state index contributed by atoms with van der Waals surface area (Å²) in [6, 6.07) is 14.7. The molecule has 1 atom stereocenters. The minimum absolute atomic E-state index is 0.136. The number of halogens is 1. The molecule has 32 heavy (non-hydrogen) atoms. The molecule has 3 rings (SSSR count). The SMILES string of the molecule is COc1cccc(CN(C(=O)CCl)[C@@H](C(=O)NC2CCC(C)CC2)c2ccc(C)cc2)c1. The predicted molar refractivity (Wildman–Crippen MR) is 128 cm³/mol. The molecule has 1 aliphatic carbocycles. The summed E-state index contributed by atoms with van der Waals surface area (Å²) in [5, 5.41) is 3.22. The Morgan fingerprint density at radius 1 is 1.12 bits per heavy atom. The quantitative estimate of drug-likeness (QED) is 0.568. The van der Waals surface area contributed by atoms with Crippen LogP contribution < -0.4 is 10.1 Å². The Balaban J connectivity index is 1.92. The molecule has 172 valence electrons. The number of methoxy groups -OCH3 is 1. The Labute approximate surface area is 196 Å². The molecule has 6 heteroatoms. The van der Waals surface area contributed by atoms with Gasteiger partial charge in [0.05, 0.1) is 7.11 Å². The first-order chi connectivity index (χ1) is 15.4. The third-order valence-corrected chi connectivity index (χ3v) is 6.47. The second-order valence-corrected chi connectivity index (χ2v) is 9.05. The van der Waals surface area contributed by atoms with Crippen LogP contribution in [0.15, 0.2) is 48.5 Å². The molecule has 0 spiro atoms. The van der Waals surface area contributed by atoms with Crippen molar-refractivity contribution in [2.75, 3.05) is 13.0 Å². The Kier molecular flexibility index (Phi) is 8.57. The molecular formula is C26H33ClN2O3. The third-order valence-electron chi connectivity index (χ3n) is 6.24. The minimum atomic E-state index is -0.757. The van der Waals surface area contributed by atoms with Gasteiger partial charge in [-0.15, -0.1) is 11.6 Å². The number of benzene rings is 2. The van der Waals surface area contributed by atoms with Crippen LogP contribution in [-0.4, -0.2) is 35.7 Å². The van der Waals surface area contributed by atoms with Gasteiger partial charge in [-0.1, -0.05) is 48.9 Å². The van der Waals surface area contributed by atoms with E-state index in [1.165, 1.54) is 0 Å². The summed E-state index contributed by atoms with van der Waals surface area (Å²) in [4.78, 5) is 28.1. The molecule has 5 nitrogen and oxygen atoms in total. The summed E-state index contributed by atoms with van der Waals surface area (Å²) in [6.45, 7) is 4.51. The van der Waals surface area contributed by atoms with Gasteiger partial charge < -0.3 is 15.0 Å². The first-order valence-electron chi connectivity index (χ1n) is 11.3. The predicted octanol–water partition coefficient (Wildman–Crippen LogP) is 5.01. The summed E-state index contributed by atoms with van der Waals surface area (Å²) in [7, 11) is 1.61. The van der Waals surface area contributed by atoms with E-state index in [2.05, 4.69) is 12.2 Å². The number of carbonyl (C=O) groups excluding carboxylic acids is 2. The van der Waals surface area contributed by atoms with Gasteiger partial charge in [-0.2, -0.15) is 0 Å². The Hall–Kier alpha value is -2.53. The summed E-state index contributed by atoms with van der Waals surface area (Å²) in [5.41, 5.74) is 2.75. The van der Waals surface area contributed by atoms with Gasteiger partial charge in [0.1, 0.15) is 17.7 Å². The molecule has 0 heterocycles. The van der Waals surface area contributed by atoms with Gasteiger partial charge >= 0.3 is 0 Å². The molecule has 2 aromatic rings. The zero-order valence-electron chi connectivity index (χ0n) is 19.1. The fourth-order valence-electron chi connectivity index (χ4n) is 4.27. The van der Waals surface area contributed by atoms with Crippen LogP contribution >= 0.6 is 11.6 Å². The lowest BCUT2D eigenvalue weighted by Crippen LogP contribution is -2.47. The maximum atomic E-state index is 13.6. The Morgan fingerprint density at radius 2 is 1.81 bits per heavy atom. The van der Waals surface area contributed by atoms with E-state index in [1.54, 1.807) is 12.0 Å². The average molecular weight is 457 g/mol. The van der Waals surface area contributed by atoms with E-state index < -0.39 is 6.04 Å². The van der Waals surface area contributed by atoms with Gasteiger partial charge in [0.25, 0.3) is 0 Å². The first kappa shape index (κ1) is 24.1. The van der Waals surface area contributed by atoms with Crippen molar-refractivity contribution in [3.63, 3.8) is 0 Å². The number of carbonyl (C=O) groups is 2. The second kappa shape index (κ2) is 11.4. The molecule has 1 N–H and O–H groups in total. The normalized spacial score (nSPS) is 19.1. The topological polar surface area (TPSA) is 58.6 Å². The van der Waals surface area contributed by atoms with Crippen molar-refractivity contribution in [2.45, 2.75) is 58.2 Å². The number of ether oxygens (including phenoxy) is 1. The van der Waals surface area contributed by atoms with Crippen LogP contribution in [0.5, 0.6) is 5.75 Å². The molecule has 0 radical (unpaired) electrons. The van der Waals surface area contributed by atoms with Crippen LogP contribution in [0.3, 0.4) is 0 Å². The lowest BCUT2D eigenvalue weighted by atomic mass is 9.87. The van der Waals surface area contributed by atoms with Gasteiger partial charge in [0.15, 0.2) is 0 Å². The molecule has 0 unspecified atom stereocenters. The van der Waals surface area contributed by atoms with E-state index in [1.807, 2.05) is 55.5 Å². The fourth-order valence-corrected chi connectivity index (χ4v) is 4.43. The highest BCUT2D eigenvalue weighted by atomic mass is 35.5. The molecule has 2 amide bonds. The molecule has 1 fully saturated rings. The van der Waals surface area contributed by atoms with Gasteiger partial charge in [0.2, 0.25) is 11.8 Å². The number of rotatable bonds is 8. The van der Waals surface area contributed by atoms with Crippen LogP contribution in [0.25, 0.3) is 0 Å². The van der Waals surface area contributed by atoms with E-state index in [4.69, 9.17) is 16.3 Å². The van der Waals surface area contributed by atoms with Gasteiger partial charge in [0, 0.05) is 12.6 Å². The standard InChI is InChI=1S/C26H33ClN2O3/c1-18-7-11-21(12-8-18)25(26(31)28-22-13-9-19(2)10-14-22)29(24(30)16-27)17-20-5-4-6-23(15-20)32-3/h4-8,11-12,15,19,22,25H,9-10,13-14,16-17H2,1-3H3,(H,28,31)/t19?,22?,25-/m1/s1. The van der Waals surface area contributed by atoms with Gasteiger partial charge in [-0.3, -0.25) is 9.59 Å². The van der Waals surface area contributed by atoms with Crippen LogP contribution in [0.2, 0.25) is 0 Å². The Morgan fingerprint density at radius 3 is 2.44 bits per heavy atom. The van der Waals surface area contributed by atoms with E-state index in [0.29, 0.717) is 11.7 Å². The van der Waals surface area contributed by atoms with Gasteiger partial charge in [-0.25, -0.2) is 0 Å².